The number of benzene rings is 7. The molecule has 3 atom stereocenters. The number of ether oxygens (including phenoxy) is 8. The normalized spacial score (nSPS) is 17.9. The van der Waals surface area contributed by atoms with Crippen LogP contribution in [-0.4, -0.2) is 19.3 Å². The van der Waals surface area contributed by atoms with Crippen molar-refractivity contribution >= 4 is 15.9 Å². The van der Waals surface area contributed by atoms with Crippen molar-refractivity contribution in [3.63, 3.8) is 0 Å². The van der Waals surface area contributed by atoms with E-state index in [4.69, 9.17) is 37.9 Å². The lowest BCUT2D eigenvalue weighted by atomic mass is 9.87. The topological polar surface area (TPSA) is 73.8 Å². The second-order valence-electron chi connectivity index (χ2n) is 14.8. The van der Waals surface area contributed by atoms with Gasteiger partial charge in [-0.1, -0.05) is 152 Å². The summed E-state index contributed by atoms with van der Waals surface area (Å²) >= 11 is 3.91. The first-order valence-corrected chi connectivity index (χ1v) is 21.2. The van der Waals surface area contributed by atoms with E-state index in [0.717, 1.165) is 27.8 Å². The zero-order valence-electron chi connectivity index (χ0n) is 33.5. The quantitative estimate of drug-likeness (QED) is 0.0950. The highest BCUT2D eigenvalue weighted by Gasteiger charge is 2.57. The molecular formula is C52H45BrO8. The van der Waals surface area contributed by atoms with Crippen LogP contribution in [0.25, 0.3) is 0 Å². The van der Waals surface area contributed by atoms with E-state index >= 15 is 0 Å². The largest absolute Gasteiger partial charge is 0.488 e. The van der Waals surface area contributed by atoms with Gasteiger partial charge in [-0.3, -0.25) is 0 Å². The zero-order chi connectivity index (χ0) is 41.3. The molecule has 2 heterocycles. The van der Waals surface area contributed by atoms with Crippen molar-refractivity contribution in [3.8, 4) is 28.7 Å². The van der Waals surface area contributed by atoms with E-state index in [2.05, 4.69) is 15.9 Å². The molecule has 7 aromatic rings. The summed E-state index contributed by atoms with van der Waals surface area (Å²) in [7, 11) is 0. The van der Waals surface area contributed by atoms with Crippen molar-refractivity contribution in [2.45, 2.75) is 51.0 Å². The molecule has 2 bridgehead atoms. The Labute approximate surface area is 364 Å². The number of halogens is 1. The molecule has 0 unspecified atom stereocenters. The molecule has 9 heteroatoms. The molecule has 0 aliphatic carbocycles. The summed E-state index contributed by atoms with van der Waals surface area (Å²) < 4.78 is 54.9. The molecule has 2 aliphatic heterocycles. The van der Waals surface area contributed by atoms with Crippen LogP contribution in [0.4, 0.5) is 0 Å². The van der Waals surface area contributed by atoms with Crippen LogP contribution in [-0.2, 0) is 53.0 Å². The Morgan fingerprint density at radius 3 is 1.46 bits per heavy atom. The Kier molecular flexibility index (Phi) is 12.6. The van der Waals surface area contributed by atoms with Crippen molar-refractivity contribution in [3.05, 3.63) is 219 Å². The SMILES string of the molecule is Brc1c(OCc2ccccc2)cc(OCc2ccccc2)c2c1O[C@@]1(c3ccc(OCc4ccccc4)c(OCc4ccccc4)c3)OCCO[C@@H]2[C@H]1OCc1ccccc1. The number of rotatable bonds is 16. The number of hydrogen-bond acceptors (Lipinski definition) is 8. The minimum atomic E-state index is -1.52. The Bertz CT molecular complexity index is 2490. The number of fused-ring (bicyclic) bond motifs is 4. The van der Waals surface area contributed by atoms with E-state index in [-0.39, 0.29) is 19.8 Å². The molecular weight excluding hydrogens is 832 g/mol. The summed E-state index contributed by atoms with van der Waals surface area (Å²) in [5, 5.41) is 0. The highest BCUT2D eigenvalue weighted by Crippen LogP contribution is 2.58. The van der Waals surface area contributed by atoms with E-state index in [1.54, 1.807) is 0 Å². The van der Waals surface area contributed by atoms with Crippen molar-refractivity contribution in [2.24, 2.45) is 0 Å². The summed E-state index contributed by atoms with van der Waals surface area (Å²) in [4.78, 5) is 0. The van der Waals surface area contributed by atoms with Gasteiger partial charge in [-0.25, -0.2) is 0 Å². The highest BCUT2D eigenvalue weighted by molar-refractivity contribution is 9.10. The molecule has 1 fully saturated rings. The maximum Gasteiger partial charge on any atom is 0.267 e. The van der Waals surface area contributed by atoms with Crippen LogP contribution < -0.4 is 23.7 Å². The summed E-state index contributed by atoms with van der Waals surface area (Å²) in [5.41, 5.74) is 6.42. The maximum atomic E-state index is 7.33. The third-order valence-electron chi connectivity index (χ3n) is 10.6. The number of hydrogen-bond donors (Lipinski definition) is 0. The van der Waals surface area contributed by atoms with Gasteiger partial charge in [0.2, 0.25) is 0 Å². The molecule has 0 aromatic heterocycles. The minimum absolute atomic E-state index is 0.220. The maximum absolute atomic E-state index is 7.33. The van der Waals surface area contributed by atoms with Gasteiger partial charge < -0.3 is 37.9 Å². The average Bonchev–Trinajstić information content (AvgIpc) is 3.44. The van der Waals surface area contributed by atoms with Crippen molar-refractivity contribution < 1.29 is 37.9 Å². The molecule has 2 aliphatic rings. The first kappa shape index (κ1) is 40.3. The predicted molar refractivity (Wildman–Crippen MR) is 236 cm³/mol. The van der Waals surface area contributed by atoms with E-state index in [0.29, 0.717) is 70.8 Å². The summed E-state index contributed by atoms with van der Waals surface area (Å²) in [6.07, 6.45) is -1.51. The molecule has 0 N–H and O–H groups in total. The molecule has 0 amide bonds. The zero-order valence-corrected chi connectivity index (χ0v) is 35.1. The smallest absolute Gasteiger partial charge is 0.267 e. The fraction of sp³-hybridized carbons (Fsp3) is 0.192. The van der Waals surface area contributed by atoms with Gasteiger partial charge in [0.1, 0.15) is 48.5 Å². The molecule has 0 saturated carbocycles. The Balaban J connectivity index is 1.16. The van der Waals surface area contributed by atoms with Gasteiger partial charge >= 0.3 is 0 Å². The summed E-state index contributed by atoms with van der Waals surface area (Å²) in [6.45, 7) is 2.08. The van der Waals surface area contributed by atoms with Crippen LogP contribution in [0.2, 0.25) is 0 Å². The van der Waals surface area contributed by atoms with Crippen molar-refractivity contribution in [1.82, 2.24) is 0 Å². The third kappa shape index (κ3) is 9.31. The van der Waals surface area contributed by atoms with Gasteiger partial charge in [-0.05, 0) is 61.9 Å². The minimum Gasteiger partial charge on any atom is -0.488 e. The molecule has 61 heavy (non-hydrogen) atoms. The lowest BCUT2D eigenvalue weighted by molar-refractivity contribution is -0.275. The standard InChI is InChI=1S/C52H45BrO8/c53-48-46(58-35-40-22-12-4-13-23-40)31-45(57-34-39-20-10-3-11-21-39)47-49(48)61-52(51(50(47)54-28-29-60-52)59-36-41-24-14-5-15-25-41)42-26-27-43(55-32-37-16-6-1-7-17-37)44(30-42)56-33-38-18-8-2-9-19-38/h1-27,30-31,50-51H,28-29,32-36H2/t50-,51+,52+/m0/s1. The van der Waals surface area contributed by atoms with Crippen molar-refractivity contribution in [2.75, 3.05) is 13.2 Å². The van der Waals surface area contributed by atoms with Crippen LogP contribution in [0.15, 0.2) is 180 Å². The second kappa shape index (κ2) is 19.1. The van der Waals surface area contributed by atoms with E-state index in [1.807, 2.05) is 176 Å². The van der Waals surface area contributed by atoms with Crippen LogP contribution >= 0.6 is 15.9 Å². The van der Waals surface area contributed by atoms with Crippen molar-refractivity contribution in [1.29, 1.82) is 0 Å². The second-order valence-corrected chi connectivity index (χ2v) is 15.6. The van der Waals surface area contributed by atoms with Crippen LogP contribution in [0.1, 0.15) is 45.0 Å². The first-order valence-electron chi connectivity index (χ1n) is 20.4. The Morgan fingerprint density at radius 1 is 0.475 bits per heavy atom. The van der Waals surface area contributed by atoms with Gasteiger partial charge in [0.15, 0.2) is 23.4 Å². The fourth-order valence-electron chi connectivity index (χ4n) is 7.57. The average molecular weight is 878 g/mol. The monoisotopic (exact) mass is 876 g/mol. The molecule has 8 nitrogen and oxygen atoms in total. The van der Waals surface area contributed by atoms with Gasteiger partial charge in [0, 0.05) is 11.6 Å². The Hall–Kier alpha value is -6.10. The Morgan fingerprint density at radius 2 is 0.934 bits per heavy atom. The highest BCUT2D eigenvalue weighted by atomic mass is 79.9. The summed E-state index contributed by atoms with van der Waals surface area (Å²) in [6, 6.07) is 57.9. The summed E-state index contributed by atoms with van der Waals surface area (Å²) in [5.74, 6) is 1.14. The van der Waals surface area contributed by atoms with E-state index in [1.165, 1.54) is 0 Å². The van der Waals surface area contributed by atoms with Gasteiger partial charge in [-0.2, -0.15) is 0 Å². The molecule has 0 radical (unpaired) electrons. The third-order valence-corrected chi connectivity index (χ3v) is 11.4. The van der Waals surface area contributed by atoms with Gasteiger partial charge in [-0.15, -0.1) is 0 Å². The lowest BCUT2D eigenvalue weighted by Crippen LogP contribution is -2.53. The molecule has 7 aromatic carbocycles. The lowest BCUT2D eigenvalue weighted by Gasteiger charge is -2.46. The first-order chi connectivity index (χ1) is 30.1. The molecule has 0 spiro atoms. The molecule has 308 valence electrons. The van der Waals surface area contributed by atoms with Crippen LogP contribution in [0.3, 0.4) is 0 Å². The molecule has 1 saturated heterocycles. The van der Waals surface area contributed by atoms with E-state index in [9.17, 15) is 0 Å². The predicted octanol–water partition coefficient (Wildman–Crippen LogP) is 11.7. The van der Waals surface area contributed by atoms with Gasteiger partial charge in [0.25, 0.3) is 5.79 Å². The van der Waals surface area contributed by atoms with Crippen LogP contribution in [0.5, 0.6) is 28.7 Å². The van der Waals surface area contributed by atoms with E-state index < -0.39 is 18.0 Å². The molecule has 9 rings (SSSR count). The van der Waals surface area contributed by atoms with Crippen LogP contribution in [0, 0.1) is 0 Å². The van der Waals surface area contributed by atoms with Gasteiger partial charge in [0.05, 0.1) is 25.4 Å². The fourth-order valence-corrected chi connectivity index (χ4v) is 8.09.